The molecule has 1 aliphatic rings. The number of anilines is 1. The molecule has 5 rings (SSSR count). The molecule has 1 aromatic heterocycles. The molecule has 45 heavy (non-hydrogen) atoms. The van der Waals surface area contributed by atoms with Crippen LogP contribution in [0.3, 0.4) is 0 Å². The number of aromatic nitrogens is 2. The predicted octanol–water partition coefficient (Wildman–Crippen LogP) is 4.59. The standard InChI is InChI=1S/C31H24F3N3O8/c32-31(33,34)29(41)36-30-35-16-17-37(30)25-24(45-28(40)21-14-8-3-9-15-21)23(44-27(39)20-12-6-2-7-13-20)22(43-25)18-42-26(38)19-10-4-1-5-11-19/h1-17,22-25H,18H2,(H,35,36,41)/t22-,23-,24+,25+/m1/s1. The van der Waals surface area contributed by atoms with E-state index in [0.29, 0.717) is 0 Å². The molecule has 232 valence electrons. The number of nitrogens with zero attached hydrogens (tertiary/aromatic N) is 2. The fraction of sp³-hybridized carbons (Fsp3) is 0.194. The summed E-state index contributed by atoms with van der Waals surface area (Å²) in [5, 5.41) is 1.66. The molecular formula is C31H24F3N3O8. The van der Waals surface area contributed by atoms with Gasteiger partial charge in [0.15, 0.2) is 18.4 Å². The minimum absolute atomic E-state index is 0.111. The summed E-state index contributed by atoms with van der Waals surface area (Å²) in [6.45, 7) is -0.519. The van der Waals surface area contributed by atoms with Gasteiger partial charge in [-0.05, 0) is 36.4 Å². The van der Waals surface area contributed by atoms with Crippen LogP contribution in [-0.4, -0.2) is 64.5 Å². The van der Waals surface area contributed by atoms with Gasteiger partial charge >= 0.3 is 30.0 Å². The summed E-state index contributed by atoms with van der Waals surface area (Å²) in [6.07, 6.45) is -8.76. The van der Waals surface area contributed by atoms with Crippen molar-refractivity contribution in [2.24, 2.45) is 0 Å². The zero-order valence-corrected chi connectivity index (χ0v) is 23.1. The second-order valence-electron chi connectivity index (χ2n) is 9.61. The van der Waals surface area contributed by atoms with Crippen molar-refractivity contribution >= 4 is 29.8 Å². The third kappa shape index (κ3) is 7.36. The second-order valence-corrected chi connectivity index (χ2v) is 9.61. The Hall–Kier alpha value is -5.50. The van der Waals surface area contributed by atoms with E-state index in [1.807, 2.05) is 0 Å². The van der Waals surface area contributed by atoms with Crippen LogP contribution in [-0.2, 0) is 23.7 Å². The van der Waals surface area contributed by atoms with E-state index in [2.05, 4.69) is 4.98 Å². The van der Waals surface area contributed by atoms with Crippen LogP contribution in [0.1, 0.15) is 37.3 Å². The maximum absolute atomic E-state index is 13.2. The zero-order valence-electron chi connectivity index (χ0n) is 23.1. The van der Waals surface area contributed by atoms with Crippen molar-refractivity contribution < 1.29 is 51.3 Å². The van der Waals surface area contributed by atoms with E-state index in [9.17, 15) is 32.3 Å². The molecule has 1 aliphatic heterocycles. The van der Waals surface area contributed by atoms with E-state index in [4.69, 9.17) is 18.9 Å². The van der Waals surface area contributed by atoms with Gasteiger partial charge in [0.1, 0.15) is 12.7 Å². The number of esters is 3. The lowest BCUT2D eigenvalue weighted by Crippen LogP contribution is -2.41. The number of halogens is 3. The van der Waals surface area contributed by atoms with Gasteiger partial charge in [0.25, 0.3) is 0 Å². The zero-order chi connectivity index (χ0) is 32.0. The van der Waals surface area contributed by atoms with Gasteiger partial charge in [-0.3, -0.25) is 14.7 Å². The van der Waals surface area contributed by atoms with Crippen LogP contribution < -0.4 is 5.32 Å². The van der Waals surface area contributed by atoms with Crippen molar-refractivity contribution in [3.8, 4) is 0 Å². The smallest absolute Gasteiger partial charge is 0.459 e. The Bertz CT molecular complexity index is 1650. The number of ether oxygens (including phenoxy) is 4. The highest BCUT2D eigenvalue weighted by Gasteiger charge is 2.52. The summed E-state index contributed by atoms with van der Waals surface area (Å²) in [5.41, 5.74) is 0.457. The number of hydrogen-bond donors (Lipinski definition) is 1. The Labute approximate surface area is 253 Å². The van der Waals surface area contributed by atoms with E-state index in [-0.39, 0.29) is 16.7 Å². The SMILES string of the molecule is O=C(OC[C@H]1O[C@H](n2ccnc2NC(=O)C(F)(F)F)[C@@H](OC(=O)c2ccccc2)[C@@H]1OC(=O)c1ccccc1)c1ccccc1. The van der Waals surface area contributed by atoms with E-state index in [1.165, 1.54) is 42.6 Å². The lowest BCUT2D eigenvalue weighted by atomic mass is 10.1. The maximum atomic E-state index is 13.2. The van der Waals surface area contributed by atoms with Crippen LogP contribution >= 0.6 is 0 Å². The van der Waals surface area contributed by atoms with E-state index < -0.39 is 67.1 Å². The number of carbonyl (C=O) groups excluding carboxylic acids is 4. The fourth-order valence-corrected chi connectivity index (χ4v) is 4.47. The molecule has 11 nitrogen and oxygen atoms in total. The van der Waals surface area contributed by atoms with E-state index in [0.717, 1.165) is 10.8 Å². The Balaban J connectivity index is 1.50. The minimum Gasteiger partial charge on any atom is -0.459 e. The van der Waals surface area contributed by atoms with Crippen LogP contribution in [0.15, 0.2) is 103 Å². The van der Waals surface area contributed by atoms with Gasteiger partial charge in [0.2, 0.25) is 5.95 Å². The van der Waals surface area contributed by atoms with Crippen LogP contribution in [0.5, 0.6) is 0 Å². The van der Waals surface area contributed by atoms with Gasteiger partial charge in [-0.1, -0.05) is 54.6 Å². The molecule has 0 unspecified atom stereocenters. The van der Waals surface area contributed by atoms with Gasteiger partial charge in [-0.25, -0.2) is 19.4 Å². The van der Waals surface area contributed by atoms with Gasteiger partial charge in [-0.2, -0.15) is 13.2 Å². The Morgan fingerprint density at radius 2 is 1.24 bits per heavy atom. The van der Waals surface area contributed by atoms with Crippen LogP contribution in [0.25, 0.3) is 0 Å². The Kier molecular flexibility index (Phi) is 9.23. The van der Waals surface area contributed by atoms with Crippen molar-refractivity contribution in [2.45, 2.75) is 30.7 Å². The summed E-state index contributed by atoms with van der Waals surface area (Å²) >= 11 is 0. The molecule has 0 radical (unpaired) electrons. The predicted molar refractivity (Wildman–Crippen MR) is 149 cm³/mol. The monoisotopic (exact) mass is 623 g/mol. The van der Waals surface area contributed by atoms with Gasteiger partial charge in [0, 0.05) is 12.4 Å². The molecule has 2 heterocycles. The molecule has 0 saturated carbocycles. The third-order valence-electron chi connectivity index (χ3n) is 6.60. The highest BCUT2D eigenvalue weighted by molar-refractivity contribution is 5.93. The minimum atomic E-state index is -5.24. The highest BCUT2D eigenvalue weighted by atomic mass is 19.4. The topological polar surface area (TPSA) is 135 Å². The average Bonchev–Trinajstić information content (AvgIpc) is 3.64. The van der Waals surface area contributed by atoms with Crippen molar-refractivity contribution in [3.63, 3.8) is 0 Å². The molecule has 0 aliphatic carbocycles. The summed E-state index contributed by atoms with van der Waals surface area (Å²) in [6, 6.07) is 23.6. The molecule has 1 N–H and O–H groups in total. The van der Waals surface area contributed by atoms with E-state index >= 15 is 0 Å². The molecule has 3 aromatic carbocycles. The Morgan fingerprint density at radius 3 is 1.76 bits per heavy atom. The fourth-order valence-electron chi connectivity index (χ4n) is 4.47. The molecule has 1 amide bonds. The summed E-state index contributed by atoms with van der Waals surface area (Å²) in [5.74, 6) is -5.38. The first-order valence-corrected chi connectivity index (χ1v) is 13.4. The maximum Gasteiger partial charge on any atom is 0.471 e. The van der Waals surface area contributed by atoms with Crippen molar-refractivity contribution in [1.29, 1.82) is 0 Å². The summed E-state index contributed by atoms with van der Waals surface area (Å²) in [4.78, 5) is 54.7. The first kappa shape index (κ1) is 30.9. The van der Waals surface area contributed by atoms with Crippen LogP contribution in [0.4, 0.5) is 19.1 Å². The van der Waals surface area contributed by atoms with Gasteiger partial charge in [-0.15, -0.1) is 0 Å². The van der Waals surface area contributed by atoms with Crippen LogP contribution in [0, 0.1) is 0 Å². The number of rotatable bonds is 9. The van der Waals surface area contributed by atoms with Crippen molar-refractivity contribution in [3.05, 3.63) is 120 Å². The number of benzene rings is 3. The lowest BCUT2D eigenvalue weighted by molar-refractivity contribution is -0.167. The summed E-state index contributed by atoms with van der Waals surface area (Å²) < 4.78 is 63.2. The first-order chi connectivity index (χ1) is 21.6. The number of imidazole rings is 1. The number of nitrogens with one attached hydrogen (secondary N) is 1. The Morgan fingerprint density at radius 1 is 0.756 bits per heavy atom. The lowest BCUT2D eigenvalue weighted by Gasteiger charge is -2.25. The van der Waals surface area contributed by atoms with Crippen molar-refractivity contribution in [2.75, 3.05) is 11.9 Å². The van der Waals surface area contributed by atoms with Gasteiger partial charge in [0.05, 0.1) is 16.7 Å². The average molecular weight is 624 g/mol. The van der Waals surface area contributed by atoms with Crippen molar-refractivity contribution in [1.82, 2.24) is 9.55 Å². The molecule has 1 saturated heterocycles. The number of amides is 1. The molecule has 14 heteroatoms. The number of alkyl halides is 3. The molecule has 0 bridgehead atoms. The molecule has 4 aromatic rings. The third-order valence-corrected chi connectivity index (χ3v) is 6.60. The second kappa shape index (κ2) is 13.4. The molecule has 4 atom stereocenters. The quantitative estimate of drug-likeness (QED) is 0.210. The summed E-state index contributed by atoms with van der Waals surface area (Å²) in [7, 11) is 0. The van der Waals surface area contributed by atoms with E-state index in [1.54, 1.807) is 59.9 Å². The van der Waals surface area contributed by atoms with Gasteiger partial charge < -0.3 is 18.9 Å². The van der Waals surface area contributed by atoms with Crippen LogP contribution in [0.2, 0.25) is 0 Å². The molecule has 0 spiro atoms. The normalized spacial score (nSPS) is 19.4. The largest absolute Gasteiger partial charge is 0.471 e. The highest BCUT2D eigenvalue weighted by Crippen LogP contribution is 2.37. The number of hydrogen-bond acceptors (Lipinski definition) is 9. The first-order valence-electron chi connectivity index (χ1n) is 13.4. The molecule has 1 fully saturated rings. The number of carbonyl (C=O) groups is 4. The molecular weight excluding hydrogens is 599 g/mol.